The molecule has 96 valence electrons. The third-order valence-electron chi connectivity index (χ3n) is 2.93. The van der Waals surface area contributed by atoms with Crippen LogP contribution in [-0.4, -0.2) is 42.6 Å². The molecule has 0 aromatic rings. The average Bonchev–Trinajstić information content (AvgIpc) is 2.75. The summed E-state index contributed by atoms with van der Waals surface area (Å²) in [6, 6.07) is 0. The Morgan fingerprint density at radius 1 is 1.53 bits per heavy atom. The number of amides is 1. The normalized spacial score (nSPS) is 23.3. The van der Waals surface area contributed by atoms with E-state index in [1.165, 1.54) is 11.1 Å². The Balaban J connectivity index is 2.37. The number of nitrogens with zero attached hydrogens (tertiary/aromatic N) is 1. The van der Waals surface area contributed by atoms with Gasteiger partial charge in [0.2, 0.25) is 0 Å². The number of carboxylic acids is 1. The quantitative estimate of drug-likeness (QED) is 0.532. The minimum atomic E-state index is -0.840. The lowest BCUT2D eigenvalue weighted by Gasteiger charge is -2.09. The number of likely N-dealkylation sites (N-methyl/N-ethyl adjacent to an activating group) is 1. The summed E-state index contributed by atoms with van der Waals surface area (Å²) in [6.45, 7) is 3.61. The Labute approximate surface area is 100 Å². The molecule has 1 fully saturated rings. The number of carbonyl (C=O) groups is 2. The maximum atomic E-state index is 11.1. The summed E-state index contributed by atoms with van der Waals surface area (Å²) in [6.07, 6.45) is 1.52. The standard InChI is InChI=1S/C11H18N2O4/c1-11(2)7(9(11)10(15)16)5-12-17-6-8(14)13(3)4/h5,9,12H,6H2,1-4H3,(H,15,16). The van der Waals surface area contributed by atoms with Crippen LogP contribution in [0.1, 0.15) is 13.8 Å². The van der Waals surface area contributed by atoms with Crippen LogP contribution in [0.4, 0.5) is 0 Å². The van der Waals surface area contributed by atoms with E-state index in [1.54, 1.807) is 14.1 Å². The van der Waals surface area contributed by atoms with Gasteiger partial charge in [-0.2, -0.15) is 0 Å². The van der Waals surface area contributed by atoms with Gasteiger partial charge in [-0.05, 0) is 5.57 Å². The van der Waals surface area contributed by atoms with Crippen molar-refractivity contribution in [3.63, 3.8) is 0 Å². The predicted octanol–water partition coefficient (Wildman–Crippen LogP) is 0.220. The molecule has 0 radical (unpaired) electrons. The zero-order valence-electron chi connectivity index (χ0n) is 10.5. The van der Waals surface area contributed by atoms with Crippen LogP contribution in [0.5, 0.6) is 0 Å². The third-order valence-corrected chi connectivity index (χ3v) is 2.93. The summed E-state index contributed by atoms with van der Waals surface area (Å²) in [5.41, 5.74) is 2.93. The fourth-order valence-electron chi connectivity index (χ4n) is 1.63. The summed E-state index contributed by atoms with van der Waals surface area (Å²) >= 11 is 0. The van der Waals surface area contributed by atoms with E-state index in [0.717, 1.165) is 5.57 Å². The van der Waals surface area contributed by atoms with Crippen molar-refractivity contribution in [2.24, 2.45) is 11.3 Å². The van der Waals surface area contributed by atoms with Gasteiger partial charge >= 0.3 is 5.97 Å². The van der Waals surface area contributed by atoms with E-state index >= 15 is 0 Å². The lowest BCUT2D eigenvalue weighted by atomic mass is 10.1. The number of rotatable bonds is 5. The van der Waals surface area contributed by atoms with Crippen LogP contribution < -0.4 is 5.48 Å². The van der Waals surface area contributed by atoms with Gasteiger partial charge in [0.25, 0.3) is 5.91 Å². The lowest BCUT2D eigenvalue weighted by Crippen LogP contribution is -2.28. The van der Waals surface area contributed by atoms with Crippen LogP contribution in [-0.2, 0) is 14.4 Å². The minimum absolute atomic E-state index is 0.0883. The van der Waals surface area contributed by atoms with E-state index in [-0.39, 0.29) is 17.9 Å². The molecule has 1 rings (SSSR count). The first-order chi connectivity index (χ1) is 7.78. The van der Waals surface area contributed by atoms with Crippen LogP contribution >= 0.6 is 0 Å². The van der Waals surface area contributed by atoms with Crippen LogP contribution in [0.15, 0.2) is 11.8 Å². The van der Waals surface area contributed by atoms with Gasteiger partial charge in [0.05, 0.1) is 5.92 Å². The molecule has 0 heterocycles. The summed E-state index contributed by atoms with van der Waals surface area (Å²) < 4.78 is 0. The topological polar surface area (TPSA) is 78.9 Å². The summed E-state index contributed by atoms with van der Waals surface area (Å²) in [4.78, 5) is 28.3. The van der Waals surface area contributed by atoms with Gasteiger partial charge < -0.3 is 10.0 Å². The van der Waals surface area contributed by atoms with Crippen molar-refractivity contribution in [2.45, 2.75) is 13.8 Å². The van der Waals surface area contributed by atoms with E-state index in [4.69, 9.17) is 9.94 Å². The largest absolute Gasteiger partial charge is 0.481 e. The first-order valence-electron chi connectivity index (χ1n) is 5.29. The number of hydrogen-bond acceptors (Lipinski definition) is 4. The molecular formula is C11H18N2O4. The monoisotopic (exact) mass is 242 g/mol. The fraction of sp³-hybridized carbons (Fsp3) is 0.636. The van der Waals surface area contributed by atoms with Crippen LogP contribution in [0.25, 0.3) is 0 Å². The zero-order chi connectivity index (χ0) is 13.2. The van der Waals surface area contributed by atoms with E-state index < -0.39 is 11.9 Å². The Morgan fingerprint density at radius 3 is 2.53 bits per heavy atom. The smallest absolute Gasteiger partial charge is 0.311 e. The highest BCUT2D eigenvalue weighted by molar-refractivity contribution is 5.82. The molecule has 0 aliphatic heterocycles. The Bertz CT molecular complexity index is 360. The molecule has 0 saturated heterocycles. The molecule has 0 aromatic carbocycles. The molecule has 17 heavy (non-hydrogen) atoms. The molecule has 1 amide bonds. The highest BCUT2D eigenvalue weighted by Crippen LogP contribution is 2.57. The molecule has 6 nitrogen and oxygen atoms in total. The summed E-state index contributed by atoms with van der Waals surface area (Å²) in [7, 11) is 3.27. The first kappa shape index (κ1) is 13.5. The fourth-order valence-corrected chi connectivity index (χ4v) is 1.63. The van der Waals surface area contributed by atoms with Gasteiger partial charge in [-0.25, -0.2) is 0 Å². The molecule has 1 saturated carbocycles. The number of hydroxylamine groups is 1. The highest BCUT2D eigenvalue weighted by Gasteiger charge is 2.57. The van der Waals surface area contributed by atoms with Crippen molar-refractivity contribution in [3.8, 4) is 0 Å². The summed E-state index contributed by atoms with van der Waals surface area (Å²) in [5, 5.41) is 8.91. The van der Waals surface area contributed by atoms with Gasteiger partial charge in [-0.3, -0.25) is 19.9 Å². The second-order valence-corrected chi connectivity index (χ2v) is 4.79. The van der Waals surface area contributed by atoms with Gasteiger partial charge in [-0.1, -0.05) is 13.8 Å². The number of nitrogens with one attached hydrogen (secondary N) is 1. The SMILES string of the molecule is CN(C)C(=O)CONC=C1C(C(=O)O)C1(C)C. The molecule has 6 heteroatoms. The molecule has 0 spiro atoms. The van der Waals surface area contributed by atoms with E-state index in [2.05, 4.69) is 5.48 Å². The highest BCUT2D eigenvalue weighted by atomic mass is 16.6. The third kappa shape index (κ3) is 2.97. The first-order valence-corrected chi connectivity index (χ1v) is 5.29. The van der Waals surface area contributed by atoms with Gasteiger partial charge in [0.15, 0.2) is 6.61 Å². The molecular weight excluding hydrogens is 224 g/mol. The lowest BCUT2D eigenvalue weighted by molar-refractivity contribution is -0.139. The predicted molar refractivity (Wildman–Crippen MR) is 60.8 cm³/mol. The second kappa shape index (κ2) is 4.75. The zero-order valence-corrected chi connectivity index (χ0v) is 10.5. The maximum Gasteiger partial charge on any atom is 0.311 e. The van der Waals surface area contributed by atoms with Crippen molar-refractivity contribution < 1.29 is 19.5 Å². The molecule has 1 atom stereocenters. The van der Waals surface area contributed by atoms with Crippen molar-refractivity contribution >= 4 is 11.9 Å². The Morgan fingerprint density at radius 2 is 2.12 bits per heavy atom. The maximum absolute atomic E-state index is 11.1. The average molecular weight is 242 g/mol. The van der Waals surface area contributed by atoms with Crippen LogP contribution in [0.2, 0.25) is 0 Å². The van der Waals surface area contributed by atoms with E-state index in [1.807, 2.05) is 13.8 Å². The van der Waals surface area contributed by atoms with Gasteiger partial charge in [0, 0.05) is 25.7 Å². The number of hydrogen-bond donors (Lipinski definition) is 2. The number of carboxylic acid groups (broad SMARTS) is 1. The molecule has 1 unspecified atom stereocenters. The second-order valence-electron chi connectivity index (χ2n) is 4.79. The number of aliphatic carboxylic acids is 1. The van der Waals surface area contributed by atoms with Crippen LogP contribution in [0.3, 0.4) is 0 Å². The number of carbonyl (C=O) groups excluding carboxylic acids is 1. The van der Waals surface area contributed by atoms with Crippen molar-refractivity contribution in [3.05, 3.63) is 11.8 Å². The molecule has 0 bridgehead atoms. The summed E-state index contributed by atoms with van der Waals surface area (Å²) in [5.74, 6) is -1.48. The van der Waals surface area contributed by atoms with Crippen molar-refractivity contribution in [1.82, 2.24) is 10.4 Å². The van der Waals surface area contributed by atoms with Gasteiger partial charge in [0.1, 0.15) is 0 Å². The molecule has 0 aromatic heterocycles. The van der Waals surface area contributed by atoms with E-state index in [9.17, 15) is 9.59 Å². The van der Waals surface area contributed by atoms with Gasteiger partial charge in [-0.15, -0.1) is 0 Å². The Kier molecular flexibility index (Phi) is 3.77. The van der Waals surface area contributed by atoms with Crippen LogP contribution in [0, 0.1) is 11.3 Å². The Hall–Kier alpha value is -1.56. The molecule has 1 aliphatic rings. The minimum Gasteiger partial charge on any atom is -0.481 e. The van der Waals surface area contributed by atoms with E-state index in [0.29, 0.717) is 0 Å². The molecule has 2 N–H and O–H groups in total. The van der Waals surface area contributed by atoms with Crippen molar-refractivity contribution in [2.75, 3.05) is 20.7 Å². The molecule has 1 aliphatic carbocycles. The van der Waals surface area contributed by atoms with Crippen molar-refractivity contribution in [1.29, 1.82) is 0 Å².